The number of carboxylic acids is 1. The van der Waals surface area contributed by atoms with Crippen LogP contribution in [-0.2, 0) is 9.53 Å². The summed E-state index contributed by atoms with van der Waals surface area (Å²) in [5.74, 6) is 0.413. The van der Waals surface area contributed by atoms with Crippen LogP contribution in [0.25, 0.3) is 0 Å². The van der Waals surface area contributed by atoms with Gasteiger partial charge >= 0.3 is 5.97 Å². The SMILES string of the molecule is O=C(O)CC1(CSC2CCOC3(CCC3)C2)CC1. The summed E-state index contributed by atoms with van der Waals surface area (Å²) in [6, 6.07) is 0. The number of aliphatic carboxylic acids is 1. The molecule has 3 rings (SSSR count). The summed E-state index contributed by atoms with van der Waals surface area (Å²) in [7, 11) is 0. The van der Waals surface area contributed by atoms with Crippen LogP contribution in [0.1, 0.15) is 51.4 Å². The van der Waals surface area contributed by atoms with Crippen molar-refractivity contribution < 1.29 is 14.6 Å². The second-order valence-electron chi connectivity index (χ2n) is 6.38. The smallest absolute Gasteiger partial charge is 0.303 e. The number of carbonyl (C=O) groups is 1. The maximum atomic E-state index is 10.8. The molecule has 1 aliphatic heterocycles. The summed E-state index contributed by atoms with van der Waals surface area (Å²) in [4.78, 5) is 10.8. The molecule has 1 saturated heterocycles. The molecule has 0 radical (unpaired) electrons. The molecule has 2 aliphatic carbocycles. The highest BCUT2D eigenvalue weighted by atomic mass is 32.2. The van der Waals surface area contributed by atoms with E-state index in [1.54, 1.807) is 0 Å². The largest absolute Gasteiger partial charge is 0.481 e. The van der Waals surface area contributed by atoms with E-state index in [1.165, 1.54) is 25.7 Å². The molecule has 3 fully saturated rings. The van der Waals surface area contributed by atoms with Gasteiger partial charge in [-0.2, -0.15) is 11.8 Å². The summed E-state index contributed by atoms with van der Waals surface area (Å²) in [6.07, 6.45) is 8.74. The predicted octanol–water partition coefficient (Wildman–Crippen LogP) is 3.08. The van der Waals surface area contributed by atoms with Crippen LogP contribution in [0.2, 0.25) is 0 Å². The lowest BCUT2D eigenvalue weighted by molar-refractivity contribution is -0.138. The summed E-state index contributed by atoms with van der Waals surface area (Å²) >= 11 is 2.02. The molecule has 3 nitrogen and oxygen atoms in total. The molecular weight excluding hydrogens is 248 g/mol. The Labute approximate surface area is 113 Å². The van der Waals surface area contributed by atoms with Gasteiger partial charge in [-0.15, -0.1) is 0 Å². The third kappa shape index (κ3) is 2.69. The number of carboxylic acid groups (broad SMARTS) is 1. The van der Waals surface area contributed by atoms with Gasteiger partial charge in [-0.05, 0) is 56.1 Å². The molecule has 3 aliphatic rings. The predicted molar refractivity (Wildman–Crippen MR) is 71.9 cm³/mol. The van der Waals surface area contributed by atoms with Crippen molar-refractivity contribution in [1.82, 2.24) is 0 Å². The summed E-state index contributed by atoms with van der Waals surface area (Å²) in [5.41, 5.74) is 0.362. The van der Waals surface area contributed by atoms with Crippen molar-refractivity contribution in [2.24, 2.45) is 5.41 Å². The molecule has 0 aromatic heterocycles. The van der Waals surface area contributed by atoms with Crippen LogP contribution in [-0.4, -0.2) is 34.3 Å². The average Bonchev–Trinajstić information content (AvgIpc) is 3.04. The monoisotopic (exact) mass is 270 g/mol. The first kappa shape index (κ1) is 12.8. The minimum Gasteiger partial charge on any atom is -0.481 e. The van der Waals surface area contributed by atoms with Crippen molar-refractivity contribution in [3.63, 3.8) is 0 Å². The first-order valence-corrected chi connectivity index (χ1v) is 8.14. The van der Waals surface area contributed by atoms with Gasteiger partial charge in [-0.1, -0.05) is 0 Å². The van der Waals surface area contributed by atoms with Gasteiger partial charge in [0.05, 0.1) is 12.0 Å². The van der Waals surface area contributed by atoms with Gasteiger partial charge in [-0.25, -0.2) is 0 Å². The zero-order valence-corrected chi connectivity index (χ0v) is 11.6. The van der Waals surface area contributed by atoms with E-state index in [2.05, 4.69) is 0 Å². The lowest BCUT2D eigenvalue weighted by atomic mass is 9.75. The first-order valence-electron chi connectivity index (χ1n) is 7.09. The molecule has 0 aromatic rings. The van der Waals surface area contributed by atoms with Gasteiger partial charge in [-0.3, -0.25) is 4.79 Å². The summed E-state index contributed by atoms with van der Waals surface area (Å²) < 4.78 is 5.94. The molecule has 1 spiro atoms. The Balaban J connectivity index is 1.47. The van der Waals surface area contributed by atoms with Gasteiger partial charge < -0.3 is 9.84 Å². The van der Waals surface area contributed by atoms with Gasteiger partial charge in [0, 0.05) is 11.9 Å². The average molecular weight is 270 g/mol. The van der Waals surface area contributed by atoms with E-state index < -0.39 is 5.97 Å². The second-order valence-corrected chi connectivity index (χ2v) is 7.67. The van der Waals surface area contributed by atoms with Gasteiger partial charge in [0.25, 0.3) is 0 Å². The molecule has 0 amide bonds. The lowest BCUT2D eigenvalue weighted by Gasteiger charge is -2.47. The van der Waals surface area contributed by atoms with Crippen LogP contribution in [0.3, 0.4) is 0 Å². The minimum atomic E-state index is -0.629. The maximum Gasteiger partial charge on any atom is 0.303 e. The van der Waals surface area contributed by atoms with Crippen molar-refractivity contribution in [2.45, 2.75) is 62.2 Å². The van der Waals surface area contributed by atoms with E-state index in [-0.39, 0.29) is 11.0 Å². The highest BCUT2D eigenvalue weighted by Gasteiger charge is 2.46. The normalized spacial score (nSPS) is 31.9. The Morgan fingerprint density at radius 1 is 1.33 bits per heavy atom. The Kier molecular flexibility index (Phi) is 3.35. The Bertz CT molecular complexity index is 334. The van der Waals surface area contributed by atoms with Crippen molar-refractivity contribution in [1.29, 1.82) is 0 Å². The van der Waals surface area contributed by atoms with Crippen molar-refractivity contribution in [3.8, 4) is 0 Å². The second kappa shape index (κ2) is 4.71. The summed E-state index contributed by atoms with van der Waals surface area (Å²) in [6.45, 7) is 0.906. The van der Waals surface area contributed by atoms with E-state index in [0.29, 0.717) is 11.7 Å². The molecule has 4 heteroatoms. The zero-order chi connectivity index (χ0) is 12.6. The number of ether oxygens (including phenoxy) is 1. The standard InChI is InChI=1S/C14H22O3S/c15-12(16)9-13(5-6-13)10-18-11-2-7-17-14(8-11)3-1-4-14/h11H,1-10H2,(H,15,16). The molecule has 1 heterocycles. The molecule has 18 heavy (non-hydrogen) atoms. The fraction of sp³-hybridized carbons (Fsp3) is 0.929. The van der Waals surface area contributed by atoms with E-state index >= 15 is 0 Å². The van der Waals surface area contributed by atoms with E-state index in [4.69, 9.17) is 9.84 Å². The van der Waals surface area contributed by atoms with Crippen LogP contribution in [0, 0.1) is 5.41 Å². The third-order valence-corrected chi connectivity index (χ3v) is 6.47. The number of thioether (sulfide) groups is 1. The molecule has 102 valence electrons. The van der Waals surface area contributed by atoms with Crippen molar-refractivity contribution in [3.05, 3.63) is 0 Å². The van der Waals surface area contributed by atoms with Crippen LogP contribution in [0.4, 0.5) is 0 Å². The van der Waals surface area contributed by atoms with E-state index in [0.717, 1.165) is 31.6 Å². The van der Waals surface area contributed by atoms with E-state index in [1.807, 2.05) is 11.8 Å². The van der Waals surface area contributed by atoms with Crippen molar-refractivity contribution >= 4 is 17.7 Å². The quantitative estimate of drug-likeness (QED) is 0.834. The fourth-order valence-corrected chi connectivity index (χ4v) is 4.87. The fourth-order valence-electron chi connectivity index (χ4n) is 3.21. The van der Waals surface area contributed by atoms with Gasteiger partial charge in [0.15, 0.2) is 0 Å². The molecule has 1 N–H and O–H groups in total. The molecule has 0 aromatic carbocycles. The lowest BCUT2D eigenvalue weighted by Crippen LogP contribution is -2.46. The molecule has 1 unspecified atom stereocenters. The molecule has 0 bridgehead atoms. The van der Waals surface area contributed by atoms with E-state index in [9.17, 15) is 4.79 Å². The van der Waals surface area contributed by atoms with Crippen LogP contribution < -0.4 is 0 Å². The molecule has 1 atom stereocenters. The van der Waals surface area contributed by atoms with Gasteiger partial charge in [0.2, 0.25) is 0 Å². The molecular formula is C14H22O3S. The first-order chi connectivity index (χ1) is 8.62. The Morgan fingerprint density at radius 3 is 2.67 bits per heavy atom. The van der Waals surface area contributed by atoms with Crippen LogP contribution in [0.5, 0.6) is 0 Å². The highest BCUT2D eigenvalue weighted by Crippen LogP contribution is 2.53. The minimum absolute atomic E-state index is 0.140. The van der Waals surface area contributed by atoms with Gasteiger partial charge in [0.1, 0.15) is 0 Å². The number of rotatable bonds is 5. The maximum absolute atomic E-state index is 10.8. The van der Waals surface area contributed by atoms with Crippen LogP contribution in [0.15, 0.2) is 0 Å². The third-order valence-electron chi connectivity index (χ3n) is 4.82. The van der Waals surface area contributed by atoms with Crippen LogP contribution >= 0.6 is 11.8 Å². The van der Waals surface area contributed by atoms with Crippen molar-refractivity contribution in [2.75, 3.05) is 12.4 Å². The Hall–Kier alpha value is -0.220. The zero-order valence-electron chi connectivity index (χ0n) is 10.8. The Morgan fingerprint density at radius 2 is 2.11 bits per heavy atom. The highest BCUT2D eigenvalue weighted by molar-refractivity contribution is 7.99. The number of hydrogen-bond acceptors (Lipinski definition) is 3. The number of hydrogen-bond donors (Lipinski definition) is 1. The topological polar surface area (TPSA) is 46.5 Å². The summed E-state index contributed by atoms with van der Waals surface area (Å²) in [5, 5.41) is 9.63. The molecule has 2 saturated carbocycles.